The summed E-state index contributed by atoms with van der Waals surface area (Å²) in [6.45, 7) is 18.1. The van der Waals surface area contributed by atoms with Gasteiger partial charge in [0.25, 0.3) is 5.91 Å². The molecule has 3 fully saturated rings. The van der Waals surface area contributed by atoms with Crippen molar-refractivity contribution in [2.45, 2.75) is 63.1 Å². The summed E-state index contributed by atoms with van der Waals surface area (Å²) in [7, 11) is 1.74. The molecule has 3 unspecified atom stereocenters. The highest BCUT2D eigenvalue weighted by Gasteiger charge is 2.77. The molecule has 4 rings (SSSR count). The summed E-state index contributed by atoms with van der Waals surface area (Å²) in [5.74, 6) is -1.60. The Labute approximate surface area is 237 Å². The Morgan fingerprint density at radius 1 is 1.21 bits per heavy atom. The van der Waals surface area contributed by atoms with Gasteiger partial charge in [0.05, 0.1) is 29.2 Å². The number of aliphatic hydroxyl groups is 1. The number of carbonyl (C=O) groups is 3. The van der Waals surface area contributed by atoms with Crippen molar-refractivity contribution >= 4 is 35.2 Å². The van der Waals surface area contributed by atoms with Crippen LogP contribution in [0.1, 0.15) is 38.3 Å². The first-order valence-electron chi connectivity index (χ1n) is 13.9. The fourth-order valence-corrected chi connectivity index (χ4v) is 9.53. The van der Waals surface area contributed by atoms with Gasteiger partial charge in [0.2, 0.25) is 11.8 Å². The number of rotatable bonds is 10. The zero-order chi connectivity index (χ0) is 28.8. The Bertz CT molecular complexity index is 1170. The van der Waals surface area contributed by atoms with Crippen LogP contribution in [0.15, 0.2) is 43.5 Å². The molecule has 3 aliphatic heterocycles. The van der Waals surface area contributed by atoms with Crippen LogP contribution >= 0.6 is 11.8 Å². The van der Waals surface area contributed by atoms with Crippen LogP contribution in [0.25, 0.3) is 0 Å². The maximum Gasteiger partial charge on any atom is 0.251 e. The molecule has 7 atom stereocenters. The molecule has 3 aliphatic rings. The molecule has 0 aliphatic carbocycles. The van der Waals surface area contributed by atoms with Crippen LogP contribution in [0.2, 0.25) is 0 Å². The number of carbonyl (C=O) groups excluding carboxylic acids is 3. The van der Waals surface area contributed by atoms with Gasteiger partial charge in [-0.15, -0.1) is 24.9 Å². The molecule has 3 saturated heterocycles. The first-order chi connectivity index (χ1) is 18.5. The number of fused-ring (bicyclic) bond motifs is 1. The van der Waals surface area contributed by atoms with E-state index in [1.807, 2.05) is 45.9 Å². The number of aryl methyl sites for hydroxylation is 2. The van der Waals surface area contributed by atoms with Crippen LogP contribution in [0.3, 0.4) is 0 Å². The molecule has 2 bridgehead atoms. The lowest BCUT2D eigenvalue weighted by Gasteiger charge is -2.43. The van der Waals surface area contributed by atoms with E-state index in [1.165, 1.54) is 0 Å². The highest BCUT2D eigenvalue weighted by molar-refractivity contribution is 8.02. The Hall–Kier alpha value is -2.58. The lowest BCUT2D eigenvalue weighted by molar-refractivity contribution is -0.145. The van der Waals surface area contributed by atoms with Gasteiger partial charge in [-0.05, 0) is 49.3 Å². The molecule has 212 valence electrons. The first kappa shape index (κ1) is 29.4. The number of thioether (sulfide) groups is 1. The summed E-state index contributed by atoms with van der Waals surface area (Å²) in [4.78, 5) is 48.1. The topological polar surface area (TPSA) is 81.2 Å². The number of amides is 3. The smallest absolute Gasteiger partial charge is 0.251 e. The molecule has 1 N–H and O–H groups in total. The fraction of sp³-hybridized carbons (Fsp3) is 0.581. The van der Waals surface area contributed by atoms with Crippen molar-refractivity contribution in [3.63, 3.8) is 0 Å². The number of benzene rings is 1. The van der Waals surface area contributed by atoms with Crippen LogP contribution < -0.4 is 4.90 Å². The molecule has 1 spiro atoms. The molecule has 8 heteroatoms. The van der Waals surface area contributed by atoms with Crippen LogP contribution in [0.4, 0.5) is 5.69 Å². The van der Waals surface area contributed by atoms with Crippen LogP contribution in [0.5, 0.6) is 0 Å². The van der Waals surface area contributed by atoms with Crippen LogP contribution in [-0.4, -0.2) is 81.5 Å². The summed E-state index contributed by atoms with van der Waals surface area (Å²) in [6, 6.07) is 4.67. The highest BCUT2D eigenvalue weighted by Crippen LogP contribution is 2.69. The average molecular weight is 554 g/mol. The number of likely N-dealkylation sites (tertiary alicyclic amines) is 1. The molecule has 3 amide bonds. The van der Waals surface area contributed by atoms with Crippen molar-refractivity contribution in [1.29, 1.82) is 0 Å². The number of hydrogen-bond acceptors (Lipinski definition) is 5. The number of nitrogens with zero attached hydrogens (tertiary/aromatic N) is 3. The maximum atomic E-state index is 14.9. The Kier molecular flexibility index (Phi) is 8.39. The van der Waals surface area contributed by atoms with E-state index in [1.54, 1.807) is 45.7 Å². The molecule has 1 aromatic carbocycles. The van der Waals surface area contributed by atoms with Gasteiger partial charge in [0.15, 0.2) is 0 Å². The van der Waals surface area contributed by atoms with E-state index >= 15 is 0 Å². The third-order valence-electron chi connectivity index (χ3n) is 9.03. The zero-order valence-electron chi connectivity index (χ0n) is 24.1. The van der Waals surface area contributed by atoms with E-state index in [0.29, 0.717) is 13.1 Å². The molecular formula is C31H43N3O4S. The molecule has 0 saturated carbocycles. The van der Waals surface area contributed by atoms with E-state index in [9.17, 15) is 19.5 Å². The van der Waals surface area contributed by atoms with E-state index < -0.39 is 28.7 Å². The minimum Gasteiger partial charge on any atom is -0.394 e. The maximum absolute atomic E-state index is 14.9. The van der Waals surface area contributed by atoms with Crippen molar-refractivity contribution in [2.75, 3.05) is 31.6 Å². The standard InChI is InChI=1S/C31H43N3O4S/c1-9-13-32(8)28(36)25-24-16-21(7)31(39-24)26(25)29(37)34(23(17-35)18(3)4)27(31)30(38)33(14-10-2)22-15-19(5)11-12-20(22)6/h9-12,15,18,21,23-27,35H,1-2,13-14,16-17H2,3-8H3/t21?,23-,24-,25+,26-,27?,31?/m0/s1. The van der Waals surface area contributed by atoms with Gasteiger partial charge < -0.3 is 19.8 Å². The van der Waals surface area contributed by atoms with E-state index in [2.05, 4.69) is 20.1 Å². The number of hydrogen-bond donors (Lipinski definition) is 1. The second-order valence-corrected chi connectivity index (χ2v) is 13.4. The molecule has 3 heterocycles. The fourth-order valence-electron chi connectivity index (χ4n) is 7.13. The third kappa shape index (κ3) is 4.53. The number of likely N-dealkylation sites (N-methyl/N-ethyl adjacent to an activating group) is 1. The summed E-state index contributed by atoms with van der Waals surface area (Å²) in [6.07, 6.45) is 4.16. The van der Waals surface area contributed by atoms with Gasteiger partial charge in [-0.1, -0.05) is 45.1 Å². The van der Waals surface area contributed by atoms with Crippen molar-refractivity contribution < 1.29 is 19.5 Å². The van der Waals surface area contributed by atoms with Gasteiger partial charge >= 0.3 is 0 Å². The largest absolute Gasteiger partial charge is 0.394 e. The van der Waals surface area contributed by atoms with Crippen LogP contribution in [-0.2, 0) is 14.4 Å². The quantitative estimate of drug-likeness (QED) is 0.446. The zero-order valence-corrected chi connectivity index (χ0v) is 24.9. The highest BCUT2D eigenvalue weighted by atomic mass is 32.2. The SMILES string of the molecule is C=CCN(C)C(=O)[C@@H]1[C@@H]2CC(C)C3(S2)C(C(=O)N(CC=C)c2cc(C)ccc2C)N([C@@H](CO)C(C)C)C(=O)[C@H]13. The first-order valence-corrected chi connectivity index (χ1v) is 14.8. The second-order valence-electron chi connectivity index (χ2n) is 11.8. The Morgan fingerprint density at radius 3 is 2.46 bits per heavy atom. The molecule has 0 radical (unpaired) electrons. The summed E-state index contributed by atoms with van der Waals surface area (Å²) in [5, 5.41) is 10.5. The van der Waals surface area contributed by atoms with Crippen molar-refractivity contribution in [1.82, 2.24) is 9.80 Å². The van der Waals surface area contributed by atoms with Gasteiger partial charge in [0, 0.05) is 31.1 Å². The minimum absolute atomic E-state index is 0.0358. The molecule has 39 heavy (non-hydrogen) atoms. The van der Waals surface area contributed by atoms with Crippen molar-refractivity contribution in [3.05, 3.63) is 54.6 Å². The predicted molar refractivity (Wildman–Crippen MR) is 158 cm³/mol. The predicted octanol–water partition coefficient (Wildman–Crippen LogP) is 3.82. The normalized spacial score (nSPS) is 29.9. The van der Waals surface area contributed by atoms with E-state index in [0.717, 1.165) is 23.2 Å². The monoisotopic (exact) mass is 553 g/mol. The molecule has 0 aromatic heterocycles. The Morgan fingerprint density at radius 2 is 1.87 bits per heavy atom. The van der Waals surface area contributed by atoms with Crippen molar-refractivity contribution in [2.24, 2.45) is 23.7 Å². The van der Waals surface area contributed by atoms with E-state index in [4.69, 9.17) is 0 Å². The number of anilines is 1. The summed E-state index contributed by atoms with van der Waals surface area (Å²) >= 11 is 1.66. The molecular weight excluding hydrogens is 510 g/mol. The lowest BCUT2D eigenvalue weighted by Crippen LogP contribution is -2.60. The van der Waals surface area contributed by atoms with Gasteiger partial charge in [0.1, 0.15) is 6.04 Å². The lowest BCUT2D eigenvalue weighted by atomic mass is 9.65. The Balaban J connectivity index is 1.89. The van der Waals surface area contributed by atoms with Crippen molar-refractivity contribution in [3.8, 4) is 0 Å². The molecule has 1 aromatic rings. The summed E-state index contributed by atoms with van der Waals surface area (Å²) < 4.78 is -0.756. The van der Waals surface area contributed by atoms with Crippen LogP contribution in [0, 0.1) is 37.5 Å². The summed E-state index contributed by atoms with van der Waals surface area (Å²) in [5.41, 5.74) is 2.78. The number of aliphatic hydroxyl groups excluding tert-OH is 1. The minimum atomic E-state index is -0.804. The molecule has 7 nitrogen and oxygen atoms in total. The average Bonchev–Trinajstić information content (AvgIpc) is 3.48. The second kappa shape index (κ2) is 11.1. The van der Waals surface area contributed by atoms with Gasteiger partial charge in [-0.2, -0.15) is 0 Å². The van der Waals surface area contributed by atoms with Gasteiger partial charge in [-0.3, -0.25) is 14.4 Å². The van der Waals surface area contributed by atoms with Gasteiger partial charge in [-0.25, -0.2) is 0 Å². The van der Waals surface area contributed by atoms with E-state index in [-0.39, 0.29) is 41.4 Å². The third-order valence-corrected chi connectivity index (χ3v) is 11.1.